The van der Waals surface area contributed by atoms with E-state index >= 15 is 0 Å². The van der Waals surface area contributed by atoms with Crippen molar-refractivity contribution in [3.05, 3.63) is 0 Å². The van der Waals surface area contributed by atoms with Crippen LogP contribution in [0.15, 0.2) is 0 Å². The second-order valence-corrected chi connectivity index (χ2v) is 17.4. The molecule has 0 spiro atoms. The van der Waals surface area contributed by atoms with Crippen LogP contribution in [0.25, 0.3) is 0 Å². The summed E-state index contributed by atoms with van der Waals surface area (Å²) in [6.07, 6.45) is -0.333. The number of ether oxygens (including phenoxy) is 2. The molecule has 1 fully saturated rings. The van der Waals surface area contributed by atoms with Crippen LogP contribution in [-0.4, -0.2) is 52.8 Å². The summed E-state index contributed by atoms with van der Waals surface area (Å²) >= 11 is 2.40. The van der Waals surface area contributed by atoms with Gasteiger partial charge in [-0.2, -0.15) is 0 Å². The summed E-state index contributed by atoms with van der Waals surface area (Å²) in [5.41, 5.74) is 0. The van der Waals surface area contributed by atoms with Crippen molar-refractivity contribution >= 4 is 39.2 Å². The minimum atomic E-state index is -1.76. The summed E-state index contributed by atoms with van der Waals surface area (Å²) in [5.74, 6) is 0. The molecule has 0 aromatic rings. The Morgan fingerprint density at radius 3 is 1.48 bits per heavy atom. The molecule has 0 bridgehead atoms. The zero-order valence-corrected chi connectivity index (χ0v) is 21.4. The summed E-state index contributed by atoms with van der Waals surface area (Å²) in [6, 6.07) is 6.83. The predicted molar refractivity (Wildman–Crippen MR) is 119 cm³/mol. The van der Waals surface area contributed by atoms with E-state index in [0.717, 1.165) is 40.7 Å². The maximum absolute atomic E-state index is 6.90. The van der Waals surface area contributed by atoms with Crippen molar-refractivity contribution in [2.24, 2.45) is 0 Å². The number of hydrogen-bond donors (Lipinski definition) is 0. The number of hydrogen-bond acceptors (Lipinski definition) is 4. The molecule has 1 aliphatic rings. The fourth-order valence-electron chi connectivity index (χ4n) is 3.85. The predicted octanol–water partition coefficient (Wildman–Crippen LogP) is 5.57. The minimum Gasteiger partial charge on any atom is -0.408 e. The molecule has 25 heavy (non-hydrogen) atoms. The zero-order chi connectivity index (χ0) is 19.1. The SMILES string of the molecule is CC[Si](CC)(CC)O[C@H]1[C@@H](CI)OC(OC)[C@@H]1O[Si](CC)(CC)CC. The van der Waals surface area contributed by atoms with Gasteiger partial charge >= 0.3 is 0 Å². The highest BCUT2D eigenvalue weighted by molar-refractivity contribution is 14.1. The summed E-state index contributed by atoms with van der Waals surface area (Å²) in [7, 11) is -1.76. The summed E-state index contributed by atoms with van der Waals surface area (Å²) in [6.45, 7) is 13.6. The van der Waals surface area contributed by atoms with Gasteiger partial charge in [0, 0.05) is 11.5 Å². The first kappa shape index (κ1) is 24.0. The van der Waals surface area contributed by atoms with Crippen LogP contribution < -0.4 is 0 Å². The molecule has 0 N–H and O–H groups in total. The van der Waals surface area contributed by atoms with Crippen molar-refractivity contribution in [3.63, 3.8) is 0 Å². The van der Waals surface area contributed by atoms with Gasteiger partial charge < -0.3 is 18.3 Å². The molecule has 7 heteroatoms. The molecule has 0 aliphatic carbocycles. The van der Waals surface area contributed by atoms with Crippen LogP contribution in [0.3, 0.4) is 0 Å². The average molecular weight is 503 g/mol. The van der Waals surface area contributed by atoms with Gasteiger partial charge in [0.05, 0.1) is 6.10 Å². The molecule has 1 saturated heterocycles. The summed E-state index contributed by atoms with van der Waals surface area (Å²) in [4.78, 5) is 0. The maximum Gasteiger partial charge on any atom is 0.192 e. The third kappa shape index (κ3) is 5.51. The fourth-order valence-corrected chi connectivity index (χ4v) is 10.2. The summed E-state index contributed by atoms with van der Waals surface area (Å²) in [5, 5.41) is 0. The molecule has 0 aromatic heterocycles. The van der Waals surface area contributed by atoms with Gasteiger partial charge in [0.2, 0.25) is 0 Å². The van der Waals surface area contributed by atoms with E-state index in [2.05, 4.69) is 64.1 Å². The Hall–Kier alpha value is 1.00. The molecule has 150 valence electrons. The number of rotatable bonds is 12. The standard InChI is InChI=1S/C18H39IO4Si2/c1-8-24(9-2,10-3)22-16-15(14-19)21-18(20-7)17(16)23-25(11-4,12-5)13-6/h15-18H,8-14H2,1-7H3/t15-,16+,17-,18?/m1/s1. The normalized spacial score (nSPS) is 27.8. The van der Waals surface area contributed by atoms with E-state index in [-0.39, 0.29) is 24.6 Å². The lowest BCUT2D eigenvalue weighted by atomic mass is 10.2. The number of alkyl halides is 1. The number of halogens is 1. The topological polar surface area (TPSA) is 36.9 Å². The Bertz CT molecular complexity index is 328. The van der Waals surface area contributed by atoms with Crippen LogP contribution in [0.4, 0.5) is 0 Å². The Labute approximate surface area is 171 Å². The molecular weight excluding hydrogens is 463 g/mol. The lowest BCUT2D eigenvalue weighted by Crippen LogP contribution is -2.52. The van der Waals surface area contributed by atoms with Crippen molar-refractivity contribution in [2.45, 2.75) is 102 Å². The molecule has 1 unspecified atom stereocenters. The molecule has 1 rings (SSSR count). The van der Waals surface area contributed by atoms with Crippen LogP contribution in [-0.2, 0) is 18.3 Å². The lowest BCUT2D eigenvalue weighted by molar-refractivity contribution is -0.141. The Morgan fingerprint density at radius 1 is 0.760 bits per heavy atom. The zero-order valence-electron chi connectivity index (χ0n) is 17.3. The first-order chi connectivity index (χ1) is 11.9. The first-order valence-corrected chi connectivity index (χ1v) is 16.6. The highest BCUT2D eigenvalue weighted by atomic mass is 127. The molecular formula is C18H39IO4Si2. The average Bonchev–Trinajstić information content (AvgIpc) is 3.00. The van der Waals surface area contributed by atoms with Crippen molar-refractivity contribution < 1.29 is 18.3 Å². The second kappa shape index (κ2) is 11.1. The molecule has 4 nitrogen and oxygen atoms in total. The molecule has 4 atom stereocenters. The van der Waals surface area contributed by atoms with Gasteiger partial charge in [-0.1, -0.05) is 64.1 Å². The van der Waals surface area contributed by atoms with Gasteiger partial charge in [-0.25, -0.2) is 0 Å². The van der Waals surface area contributed by atoms with Gasteiger partial charge in [-0.05, 0) is 36.3 Å². The highest BCUT2D eigenvalue weighted by Crippen LogP contribution is 2.37. The fraction of sp³-hybridized carbons (Fsp3) is 1.00. The van der Waals surface area contributed by atoms with E-state index in [9.17, 15) is 0 Å². The van der Waals surface area contributed by atoms with Crippen LogP contribution in [0.5, 0.6) is 0 Å². The van der Waals surface area contributed by atoms with Gasteiger partial charge in [0.15, 0.2) is 22.9 Å². The van der Waals surface area contributed by atoms with Crippen molar-refractivity contribution in [1.82, 2.24) is 0 Å². The third-order valence-electron chi connectivity index (χ3n) is 6.29. The molecule has 0 radical (unpaired) electrons. The van der Waals surface area contributed by atoms with E-state index in [4.69, 9.17) is 18.3 Å². The van der Waals surface area contributed by atoms with Gasteiger partial charge in [0.25, 0.3) is 0 Å². The van der Waals surface area contributed by atoms with E-state index in [0.29, 0.717) is 0 Å². The van der Waals surface area contributed by atoms with Gasteiger partial charge in [0.1, 0.15) is 12.2 Å². The lowest BCUT2D eigenvalue weighted by Gasteiger charge is -2.39. The largest absolute Gasteiger partial charge is 0.408 e. The Kier molecular flexibility index (Phi) is 10.7. The first-order valence-electron chi connectivity index (χ1n) is 10.0. The number of methoxy groups -OCH3 is 1. The van der Waals surface area contributed by atoms with E-state index in [1.54, 1.807) is 7.11 Å². The Morgan fingerprint density at radius 2 is 1.16 bits per heavy atom. The molecule has 0 aromatic carbocycles. The maximum atomic E-state index is 6.90. The minimum absolute atomic E-state index is 0.00453. The quantitative estimate of drug-likeness (QED) is 0.199. The summed E-state index contributed by atoms with van der Waals surface area (Å²) < 4.78 is 26.6. The second-order valence-electron chi connectivity index (χ2n) is 7.09. The Balaban J connectivity index is 3.13. The van der Waals surface area contributed by atoms with E-state index in [1.807, 2.05) is 0 Å². The monoisotopic (exact) mass is 502 g/mol. The molecule has 1 aliphatic heterocycles. The molecule has 0 amide bonds. The van der Waals surface area contributed by atoms with E-state index < -0.39 is 16.6 Å². The van der Waals surface area contributed by atoms with Crippen LogP contribution in [0.1, 0.15) is 41.5 Å². The van der Waals surface area contributed by atoms with Gasteiger partial charge in [-0.15, -0.1) is 0 Å². The van der Waals surface area contributed by atoms with Crippen LogP contribution in [0.2, 0.25) is 36.3 Å². The molecule has 1 heterocycles. The van der Waals surface area contributed by atoms with Crippen molar-refractivity contribution in [1.29, 1.82) is 0 Å². The van der Waals surface area contributed by atoms with Crippen molar-refractivity contribution in [2.75, 3.05) is 11.5 Å². The van der Waals surface area contributed by atoms with Crippen LogP contribution >= 0.6 is 22.6 Å². The highest BCUT2D eigenvalue weighted by Gasteiger charge is 2.51. The third-order valence-corrected chi connectivity index (χ3v) is 16.4. The van der Waals surface area contributed by atoms with Crippen molar-refractivity contribution in [3.8, 4) is 0 Å². The van der Waals surface area contributed by atoms with Crippen LogP contribution in [0, 0.1) is 0 Å². The van der Waals surface area contributed by atoms with E-state index in [1.165, 1.54) is 0 Å². The molecule has 0 saturated carbocycles. The smallest absolute Gasteiger partial charge is 0.192 e. The van der Waals surface area contributed by atoms with Gasteiger partial charge in [-0.3, -0.25) is 0 Å².